The molecule has 1 N–H and O–H groups in total. The van der Waals surface area contributed by atoms with E-state index in [0.29, 0.717) is 5.96 Å². The van der Waals surface area contributed by atoms with Gasteiger partial charge in [-0.25, -0.2) is 0 Å². The molecule has 10 heavy (non-hydrogen) atoms. The van der Waals surface area contributed by atoms with Gasteiger partial charge in [-0.05, 0) is 13.8 Å². The van der Waals surface area contributed by atoms with E-state index < -0.39 is 0 Å². The van der Waals surface area contributed by atoms with E-state index in [1.165, 1.54) is 0 Å². The fraction of sp³-hybridized carbons (Fsp3) is 0.857. The van der Waals surface area contributed by atoms with Crippen LogP contribution in [0.4, 0.5) is 0 Å². The Balaban J connectivity index is 2.49. The number of hydrogen-bond acceptors (Lipinski definition) is 1. The fourth-order valence-corrected chi connectivity index (χ4v) is 1.27. The van der Waals surface area contributed by atoms with E-state index in [0.717, 1.165) is 26.2 Å². The first kappa shape index (κ1) is 7.38. The van der Waals surface area contributed by atoms with E-state index in [9.17, 15) is 0 Å². The molecule has 1 saturated heterocycles. The summed E-state index contributed by atoms with van der Waals surface area (Å²) in [6.07, 6.45) is 0. The second kappa shape index (κ2) is 2.90. The summed E-state index contributed by atoms with van der Waals surface area (Å²) >= 11 is 0. The minimum Gasteiger partial charge on any atom is -0.342 e. The predicted octanol–water partition coefficient (Wildman–Crippen LogP) is 0.579. The summed E-state index contributed by atoms with van der Waals surface area (Å²) in [6.45, 7) is 8.18. The Labute approximate surface area is 62.1 Å². The van der Waals surface area contributed by atoms with E-state index in [-0.39, 0.29) is 0 Å². The van der Waals surface area contributed by atoms with Gasteiger partial charge in [0.05, 0.1) is 0 Å². The van der Waals surface area contributed by atoms with Gasteiger partial charge in [-0.15, -0.1) is 0 Å². The van der Waals surface area contributed by atoms with Gasteiger partial charge in [-0.2, -0.15) is 0 Å². The largest absolute Gasteiger partial charge is 0.342 e. The molecule has 1 aliphatic heterocycles. The molecule has 0 aromatic rings. The van der Waals surface area contributed by atoms with Crippen LogP contribution in [0.3, 0.4) is 0 Å². The summed E-state index contributed by atoms with van der Waals surface area (Å²) in [4.78, 5) is 4.17. The molecule has 0 aromatic carbocycles. The lowest BCUT2D eigenvalue weighted by Gasteiger charge is -2.18. The Morgan fingerprint density at radius 3 is 1.80 bits per heavy atom. The highest BCUT2D eigenvalue weighted by Crippen LogP contribution is 2.04. The molecule has 0 aromatic heterocycles. The first-order chi connectivity index (χ1) is 4.79. The van der Waals surface area contributed by atoms with Crippen LogP contribution in [0.2, 0.25) is 0 Å². The van der Waals surface area contributed by atoms with Crippen molar-refractivity contribution in [2.75, 3.05) is 26.2 Å². The normalized spacial score (nSPS) is 18.8. The highest BCUT2D eigenvalue weighted by molar-refractivity contribution is 5.78. The topological polar surface area (TPSA) is 30.3 Å². The van der Waals surface area contributed by atoms with Crippen molar-refractivity contribution in [1.29, 1.82) is 5.41 Å². The van der Waals surface area contributed by atoms with Crippen molar-refractivity contribution in [2.45, 2.75) is 13.8 Å². The van der Waals surface area contributed by atoms with Crippen LogP contribution in [0.5, 0.6) is 0 Å². The smallest absolute Gasteiger partial charge is 0.193 e. The lowest BCUT2D eigenvalue weighted by atomic mass is 10.6. The van der Waals surface area contributed by atoms with Crippen LogP contribution >= 0.6 is 0 Å². The maximum Gasteiger partial charge on any atom is 0.193 e. The molecule has 0 saturated carbocycles. The average molecular weight is 141 g/mol. The van der Waals surface area contributed by atoms with Crippen molar-refractivity contribution in [2.24, 2.45) is 0 Å². The summed E-state index contributed by atoms with van der Waals surface area (Å²) in [7, 11) is 0. The molecule has 3 nitrogen and oxygen atoms in total. The van der Waals surface area contributed by atoms with Gasteiger partial charge in [0.1, 0.15) is 0 Å². The Kier molecular flexibility index (Phi) is 2.14. The Bertz CT molecular complexity index is 119. The van der Waals surface area contributed by atoms with Gasteiger partial charge in [-0.3, -0.25) is 5.41 Å². The van der Waals surface area contributed by atoms with Gasteiger partial charge < -0.3 is 9.80 Å². The van der Waals surface area contributed by atoms with Crippen LogP contribution in [0.1, 0.15) is 13.8 Å². The van der Waals surface area contributed by atoms with Gasteiger partial charge in [-0.1, -0.05) is 0 Å². The number of rotatable bonds is 2. The standard InChI is InChI=1S/C7H15N3/c1-3-9-5-6-10(4-2)7(9)8/h8H,3-6H2,1-2H3. The lowest BCUT2D eigenvalue weighted by molar-refractivity contribution is 0.486. The van der Waals surface area contributed by atoms with Crippen molar-refractivity contribution in [1.82, 2.24) is 9.80 Å². The minimum absolute atomic E-state index is 0.699. The molecule has 0 bridgehead atoms. The SMILES string of the molecule is CCN1CCN(CC)C1=N. The molecule has 0 unspecified atom stereocenters. The quantitative estimate of drug-likeness (QED) is 0.609. The molecule has 1 fully saturated rings. The summed E-state index contributed by atoms with van der Waals surface area (Å²) in [6, 6.07) is 0. The Morgan fingerprint density at radius 1 is 1.20 bits per heavy atom. The molecule has 1 heterocycles. The zero-order valence-electron chi connectivity index (χ0n) is 6.72. The van der Waals surface area contributed by atoms with E-state index in [1.54, 1.807) is 0 Å². The Morgan fingerprint density at radius 2 is 1.60 bits per heavy atom. The molecule has 1 aliphatic rings. The molecule has 0 spiro atoms. The first-order valence-electron chi connectivity index (χ1n) is 3.88. The highest BCUT2D eigenvalue weighted by atomic mass is 15.4. The molecular weight excluding hydrogens is 126 g/mol. The highest BCUT2D eigenvalue weighted by Gasteiger charge is 2.21. The number of nitrogens with one attached hydrogen (secondary N) is 1. The monoisotopic (exact) mass is 141 g/mol. The van der Waals surface area contributed by atoms with Crippen LogP contribution in [0, 0.1) is 5.41 Å². The average Bonchev–Trinajstić information content (AvgIpc) is 2.30. The van der Waals surface area contributed by atoms with E-state index in [1.807, 2.05) is 0 Å². The van der Waals surface area contributed by atoms with Crippen LogP contribution in [0.15, 0.2) is 0 Å². The second-order valence-corrected chi connectivity index (χ2v) is 2.48. The molecule has 0 atom stereocenters. The lowest BCUT2D eigenvalue weighted by Crippen LogP contribution is -2.32. The van der Waals surface area contributed by atoms with Crippen LogP contribution in [-0.4, -0.2) is 41.9 Å². The number of likely N-dealkylation sites (N-methyl/N-ethyl adjacent to an activating group) is 2. The van der Waals surface area contributed by atoms with Gasteiger partial charge in [0.15, 0.2) is 5.96 Å². The summed E-state index contributed by atoms with van der Waals surface area (Å²) in [5.41, 5.74) is 0. The van der Waals surface area contributed by atoms with E-state index in [2.05, 4.69) is 23.6 Å². The van der Waals surface area contributed by atoms with Crippen molar-refractivity contribution in [3.8, 4) is 0 Å². The predicted molar refractivity (Wildman–Crippen MR) is 42.2 cm³/mol. The van der Waals surface area contributed by atoms with Crippen molar-refractivity contribution in [3.63, 3.8) is 0 Å². The zero-order chi connectivity index (χ0) is 7.56. The number of guanidine groups is 1. The van der Waals surface area contributed by atoms with Gasteiger partial charge in [0.25, 0.3) is 0 Å². The van der Waals surface area contributed by atoms with Crippen LogP contribution < -0.4 is 0 Å². The van der Waals surface area contributed by atoms with Gasteiger partial charge in [0, 0.05) is 26.2 Å². The molecular formula is C7H15N3. The summed E-state index contributed by atoms with van der Waals surface area (Å²) < 4.78 is 0. The molecule has 0 amide bonds. The fourth-order valence-electron chi connectivity index (χ4n) is 1.27. The van der Waals surface area contributed by atoms with E-state index >= 15 is 0 Å². The second-order valence-electron chi connectivity index (χ2n) is 2.48. The van der Waals surface area contributed by atoms with Crippen LogP contribution in [0.25, 0.3) is 0 Å². The molecule has 0 radical (unpaired) electrons. The molecule has 58 valence electrons. The van der Waals surface area contributed by atoms with Crippen molar-refractivity contribution < 1.29 is 0 Å². The summed E-state index contributed by atoms with van der Waals surface area (Å²) in [5, 5.41) is 7.62. The van der Waals surface area contributed by atoms with Crippen molar-refractivity contribution in [3.05, 3.63) is 0 Å². The number of nitrogens with zero attached hydrogens (tertiary/aromatic N) is 2. The molecule has 3 heteroatoms. The van der Waals surface area contributed by atoms with Crippen LogP contribution in [-0.2, 0) is 0 Å². The number of hydrogen-bond donors (Lipinski definition) is 1. The Hall–Kier alpha value is -0.730. The maximum absolute atomic E-state index is 7.62. The maximum atomic E-state index is 7.62. The van der Waals surface area contributed by atoms with Gasteiger partial charge in [0.2, 0.25) is 0 Å². The van der Waals surface area contributed by atoms with Gasteiger partial charge >= 0.3 is 0 Å². The summed E-state index contributed by atoms with van der Waals surface area (Å²) in [5.74, 6) is 0.699. The minimum atomic E-state index is 0.699. The molecule has 0 aliphatic carbocycles. The third-order valence-electron chi connectivity index (χ3n) is 2.00. The molecule has 1 rings (SSSR count). The van der Waals surface area contributed by atoms with E-state index in [4.69, 9.17) is 5.41 Å². The van der Waals surface area contributed by atoms with Crippen molar-refractivity contribution >= 4 is 5.96 Å². The first-order valence-corrected chi connectivity index (χ1v) is 3.88. The third-order valence-corrected chi connectivity index (χ3v) is 2.00. The zero-order valence-corrected chi connectivity index (χ0v) is 6.72. The third kappa shape index (κ3) is 1.08.